The summed E-state index contributed by atoms with van der Waals surface area (Å²) in [6.07, 6.45) is 2.82. The minimum absolute atomic E-state index is 0.126. The molecule has 0 unspecified atom stereocenters. The van der Waals surface area contributed by atoms with E-state index in [0.29, 0.717) is 46.7 Å². The van der Waals surface area contributed by atoms with Crippen LogP contribution in [-0.2, 0) is 4.79 Å². The Morgan fingerprint density at radius 2 is 2.00 bits per heavy atom. The lowest BCUT2D eigenvalue weighted by molar-refractivity contribution is -0.123. The Kier molecular flexibility index (Phi) is 3.76. The standard InChI is InChI=1S/C17H16N4O3S/c18-14(22)10-4-7-20(8-5-10)17(24)12-9-11-15(25-12)19-13-3-1-2-6-21(13)16(11)23/h1-3,6,9-10H,4-5,7-8H2,(H2,18,22). The summed E-state index contributed by atoms with van der Waals surface area (Å²) in [6, 6.07) is 6.97. The lowest BCUT2D eigenvalue weighted by atomic mass is 9.96. The van der Waals surface area contributed by atoms with Gasteiger partial charge in [-0.15, -0.1) is 11.3 Å². The van der Waals surface area contributed by atoms with Gasteiger partial charge < -0.3 is 10.6 Å². The largest absolute Gasteiger partial charge is 0.369 e. The topological polar surface area (TPSA) is 97.8 Å². The lowest BCUT2D eigenvalue weighted by Crippen LogP contribution is -2.41. The molecule has 4 rings (SSSR count). The van der Waals surface area contributed by atoms with Crippen LogP contribution in [0.2, 0.25) is 0 Å². The second-order valence-corrected chi connectivity index (χ2v) is 7.17. The lowest BCUT2D eigenvalue weighted by Gasteiger charge is -2.30. The molecule has 128 valence electrons. The Morgan fingerprint density at radius 3 is 2.72 bits per heavy atom. The van der Waals surface area contributed by atoms with Crippen LogP contribution in [0.25, 0.3) is 15.9 Å². The molecule has 1 saturated heterocycles. The molecule has 3 aromatic rings. The average molecular weight is 356 g/mol. The summed E-state index contributed by atoms with van der Waals surface area (Å²) in [5, 5.41) is 0.448. The van der Waals surface area contributed by atoms with E-state index in [2.05, 4.69) is 4.98 Å². The zero-order chi connectivity index (χ0) is 17.6. The number of carbonyl (C=O) groups excluding carboxylic acids is 2. The molecule has 25 heavy (non-hydrogen) atoms. The van der Waals surface area contributed by atoms with E-state index in [9.17, 15) is 14.4 Å². The van der Waals surface area contributed by atoms with Crippen molar-refractivity contribution in [2.24, 2.45) is 11.7 Å². The fourth-order valence-electron chi connectivity index (χ4n) is 3.18. The van der Waals surface area contributed by atoms with E-state index in [0.717, 1.165) is 0 Å². The van der Waals surface area contributed by atoms with Crippen molar-refractivity contribution < 1.29 is 9.59 Å². The van der Waals surface area contributed by atoms with Crippen molar-refractivity contribution >= 4 is 39.0 Å². The van der Waals surface area contributed by atoms with Crippen molar-refractivity contribution in [3.05, 3.63) is 45.7 Å². The summed E-state index contributed by atoms with van der Waals surface area (Å²) in [4.78, 5) is 43.8. The van der Waals surface area contributed by atoms with Crippen LogP contribution in [0.3, 0.4) is 0 Å². The molecule has 0 atom stereocenters. The number of thiophene rings is 1. The summed E-state index contributed by atoms with van der Waals surface area (Å²) in [7, 11) is 0. The van der Waals surface area contributed by atoms with Crippen LogP contribution in [0.15, 0.2) is 35.3 Å². The maximum atomic E-state index is 12.7. The maximum absolute atomic E-state index is 12.7. The number of fused-ring (bicyclic) bond motifs is 2. The fourth-order valence-corrected chi connectivity index (χ4v) is 4.17. The molecule has 2 N–H and O–H groups in total. The van der Waals surface area contributed by atoms with E-state index in [1.165, 1.54) is 15.7 Å². The summed E-state index contributed by atoms with van der Waals surface area (Å²) in [6.45, 7) is 0.990. The summed E-state index contributed by atoms with van der Waals surface area (Å²) in [5.74, 6) is -0.597. The van der Waals surface area contributed by atoms with Gasteiger partial charge in [-0.25, -0.2) is 4.98 Å². The number of carbonyl (C=O) groups is 2. The molecule has 0 spiro atoms. The van der Waals surface area contributed by atoms with Gasteiger partial charge >= 0.3 is 0 Å². The molecular formula is C17H16N4O3S. The number of likely N-dealkylation sites (tertiary alicyclic amines) is 1. The SMILES string of the molecule is NC(=O)C1CCN(C(=O)c2cc3c(=O)n4ccccc4nc3s2)CC1. The van der Waals surface area contributed by atoms with Crippen LogP contribution in [0.4, 0.5) is 0 Å². The van der Waals surface area contributed by atoms with Gasteiger partial charge in [0.25, 0.3) is 11.5 Å². The maximum Gasteiger partial charge on any atom is 0.266 e. The molecule has 7 nitrogen and oxygen atoms in total. The molecule has 1 aliphatic rings. The normalized spacial score (nSPS) is 15.8. The predicted octanol–water partition coefficient (Wildman–Crippen LogP) is 1.25. The van der Waals surface area contributed by atoms with E-state index in [4.69, 9.17) is 5.73 Å². The van der Waals surface area contributed by atoms with Crippen LogP contribution < -0.4 is 11.3 Å². The van der Waals surface area contributed by atoms with Crippen molar-refractivity contribution in [2.45, 2.75) is 12.8 Å². The summed E-state index contributed by atoms with van der Waals surface area (Å²) < 4.78 is 1.47. The Labute approximate surface area is 146 Å². The van der Waals surface area contributed by atoms with Crippen LogP contribution in [-0.4, -0.2) is 39.2 Å². The Hall–Kier alpha value is -2.74. The van der Waals surface area contributed by atoms with Gasteiger partial charge in [-0.1, -0.05) is 6.07 Å². The van der Waals surface area contributed by atoms with Gasteiger partial charge in [-0.2, -0.15) is 0 Å². The molecular weight excluding hydrogens is 340 g/mol. The van der Waals surface area contributed by atoms with Crippen molar-refractivity contribution in [1.29, 1.82) is 0 Å². The van der Waals surface area contributed by atoms with E-state index >= 15 is 0 Å². The molecule has 8 heteroatoms. The minimum Gasteiger partial charge on any atom is -0.369 e. The van der Waals surface area contributed by atoms with Gasteiger partial charge in [0.1, 0.15) is 10.5 Å². The highest BCUT2D eigenvalue weighted by Gasteiger charge is 2.27. The first-order valence-corrected chi connectivity index (χ1v) is 8.86. The third-order valence-corrected chi connectivity index (χ3v) is 5.63. The minimum atomic E-state index is -0.308. The molecule has 2 amide bonds. The first-order valence-electron chi connectivity index (χ1n) is 8.04. The van der Waals surface area contributed by atoms with Gasteiger partial charge in [-0.05, 0) is 31.0 Å². The summed E-state index contributed by atoms with van der Waals surface area (Å²) >= 11 is 1.23. The number of nitrogens with two attached hydrogens (primary N) is 1. The Bertz CT molecular complexity index is 1050. The second-order valence-electron chi connectivity index (χ2n) is 6.14. The van der Waals surface area contributed by atoms with Crippen LogP contribution in [0.1, 0.15) is 22.5 Å². The highest BCUT2D eigenvalue weighted by Crippen LogP contribution is 2.25. The zero-order valence-electron chi connectivity index (χ0n) is 13.3. The number of pyridine rings is 1. The molecule has 1 aliphatic heterocycles. The number of primary amides is 1. The first kappa shape index (κ1) is 15.8. The predicted molar refractivity (Wildman–Crippen MR) is 94.7 cm³/mol. The molecule has 3 aromatic heterocycles. The third kappa shape index (κ3) is 2.68. The molecule has 0 saturated carbocycles. The van der Waals surface area contributed by atoms with E-state index in [1.54, 1.807) is 29.3 Å². The van der Waals surface area contributed by atoms with Gasteiger partial charge in [0.05, 0.1) is 10.3 Å². The fraction of sp³-hybridized carbons (Fsp3) is 0.294. The third-order valence-electron chi connectivity index (χ3n) is 4.61. The molecule has 0 aliphatic carbocycles. The quantitative estimate of drug-likeness (QED) is 0.747. The number of hydrogen-bond donors (Lipinski definition) is 1. The van der Waals surface area contributed by atoms with Crippen LogP contribution in [0, 0.1) is 5.92 Å². The van der Waals surface area contributed by atoms with E-state index in [-0.39, 0.29) is 23.3 Å². The Balaban J connectivity index is 1.67. The molecule has 4 heterocycles. The van der Waals surface area contributed by atoms with Crippen LogP contribution in [0.5, 0.6) is 0 Å². The van der Waals surface area contributed by atoms with E-state index in [1.807, 2.05) is 6.07 Å². The number of aromatic nitrogens is 2. The number of hydrogen-bond acceptors (Lipinski definition) is 5. The van der Waals surface area contributed by atoms with Gasteiger partial charge in [0.15, 0.2) is 0 Å². The number of rotatable bonds is 2. The summed E-state index contributed by atoms with van der Waals surface area (Å²) in [5.41, 5.74) is 5.71. The highest BCUT2D eigenvalue weighted by atomic mass is 32.1. The van der Waals surface area contributed by atoms with Gasteiger partial charge in [0.2, 0.25) is 5.91 Å². The van der Waals surface area contributed by atoms with Crippen LogP contribution >= 0.6 is 11.3 Å². The number of nitrogens with zero attached hydrogens (tertiary/aromatic N) is 3. The second kappa shape index (κ2) is 5.96. The number of piperidine rings is 1. The molecule has 0 radical (unpaired) electrons. The van der Waals surface area contributed by atoms with Crippen molar-refractivity contribution in [3.8, 4) is 0 Å². The van der Waals surface area contributed by atoms with Gasteiger partial charge in [0, 0.05) is 25.2 Å². The van der Waals surface area contributed by atoms with E-state index < -0.39 is 0 Å². The van der Waals surface area contributed by atoms with Gasteiger partial charge in [-0.3, -0.25) is 18.8 Å². The Morgan fingerprint density at radius 1 is 1.24 bits per heavy atom. The molecule has 0 bridgehead atoms. The molecule has 1 fully saturated rings. The molecule has 0 aromatic carbocycles. The van der Waals surface area contributed by atoms with Crippen molar-refractivity contribution in [1.82, 2.24) is 14.3 Å². The van der Waals surface area contributed by atoms with Crippen molar-refractivity contribution in [2.75, 3.05) is 13.1 Å². The van der Waals surface area contributed by atoms with Crippen molar-refractivity contribution in [3.63, 3.8) is 0 Å². The monoisotopic (exact) mass is 356 g/mol. The average Bonchev–Trinajstić information content (AvgIpc) is 3.06. The first-order chi connectivity index (χ1) is 12.0. The smallest absolute Gasteiger partial charge is 0.266 e. The number of amides is 2. The zero-order valence-corrected chi connectivity index (χ0v) is 14.2. The highest BCUT2D eigenvalue weighted by molar-refractivity contribution is 7.20.